The molecule has 0 aromatic heterocycles. The number of nitrogens with zero attached hydrogens (tertiary/aromatic N) is 2. The average Bonchev–Trinajstić information content (AvgIpc) is 3.11. The average molecular weight is 473 g/mol. The Bertz CT molecular complexity index is 662. The maximum absolute atomic E-state index is 11.6. The van der Waals surface area contributed by atoms with Crippen LogP contribution in [-0.2, 0) is 4.74 Å². The molecular weight excluding hydrogens is 420 g/mol. The van der Waals surface area contributed by atoms with Gasteiger partial charge in [-0.25, -0.2) is 4.79 Å². The van der Waals surface area contributed by atoms with Gasteiger partial charge < -0.3 is 14.5 Å². The molecule has 4 heteroatoms. The molecule has 4 nitrogen and oxygen atoms in total. The van der Waals surface area contributed by atoms with Gasteiger partial charge in [0.05, 0.1) is 12.2 Å². The van der Waals surface area contributed by atoms with Crippen molar-refractivity contribution in [1.29, 1.82) is 0 Å². The topological polar surface area (TPSA) is 32.8 Å². The van der Waals surface area contributed by atoms with Gasteiger partial charge in [0.25, 0.3) is 0 Å². The first-order valence-corrected chi connectivity index (χ1v) is 13.5. The van der Waals surface area contributed by atoms with E-state index in [9.17, 15) is 4.79 Å². The fourth-order valence-corrected chi connectivity index (χ4v) is 4.11. The molecule has 0 spiro atoms. The number of esters is 1. The number of piperidine rings is 1. The van der Waals surface area contributed by atoms with Gasteiger partial charge in [-0.1, -0.05) is 59.5 Å². The van der Waals surface area contributed by atoms with Gasteiger partial charge in [-0.15, -0.1) is 6.58 Å². The van der Waals surface area contributed by atoms with Crippen LogP contribution in [0.25, 0.3) is 0 Å². The van der Waals surface area contributed by atoms with Crippen LogP contribution < -0.4 is 4.90 Å². The molecule has 2 fully saturated rings. The molecule has 0 atom stereocenters. The molecule has 2 aliphatic heterocycles. The maximum Gasteiger partial charge on any atom is 0.338 e. The lowest BCUT2D eigenvalue weighted by Crippen LogP contribution is -2.29. The highest BCUT2D eigenvalue weighted by atomic mass is 16.5. The van der Waals surface area contributed by atoms with E-state index in [1.54, 1.807) is 0 Å². The summed E-state index contributed by atoms with van der Waals surface area (Å²) in [5.74, 6) is 0.807. The zero-order valence-electron chi connectivity index (χ0n) is 23.1. The molecule has 0 amide bonds. The summed E-state index contributed by atoms with van der Waals surface area (Å²) in [7, 11) is 2.22. The van der Waals surface area contributed by atoms with E-state index in [0.717, 1.165) is 19.0 Å². The van der Waals surface area contributed by atoms with Crippen LogP contribution in [0.3, 0.4) is 0 Å². The second kappa shape index (κ2) is 16.8. The summed E-state index contributed by atoms with van der Waals surface area (Å²) in [6, 6.07) is 7.77. The zero-order valence-corrected chi connectivity index (χ0v) is 23.1. The fraction of sp³-hybridized carbons (Fsp3) is 0.700. The monoisotopic (exact) mass is 472 g/mol. The number of hydrogen-bond donors (Lipinski definition) is 0. The predicted octanol–water partition coefficient (Wildman–Crippen LogP) is 7.59. The minimum Gasteiger partial charge on any atom is -0.462 e. The van der Waals surface area contributed by atoms with E-state index in [2.05, 4.69) is 51.1 Å². The summed E-state index contributed by atoms with van der Waals surface area (Å²) >= 11 is 0. The van der Waals surface area contributed by atoms with E-state index >= 15 is 0 Å². The Morgan fingerprint density at radius 2 is 1.53 bits per heavy atom. The number of anilines is 1. The van der Waals surface area contributed by atoms with Gasteiger partial charge in [-0.2, -0.15) is 0 Å². The Labute approximate surface area is 210 Å². The molecule has 2 heterocycles. The Morgan fingerprint density at radius 1 is 1.00 bits per heavy atom. The minimum atomic E-state index is -0.236. The second-order valence-corrected chi connectivity index (χ2v) is 10.8. The molecular formula is C30H52N2O2. The van der Waals surface area contributed by atoms with Gasteiger partial charge in [0, 0.05) is 18.8 Å². The summed E-state index contributed by atoms with van der Waals surface area (Å²) in [6.07, 6.45) is 12.8. The molecule has 0 aliphatic carbocycles. The van der Waals surface area contributed by atoms with Crippen molar-refractivity contribution >= 4 is 11.7 Å². The SMILES string of the molecule is C=CC(C)(C)C.CCCC1CCN(C)CC1.CCOC(=O)c1ccc(N2CCCCCC2)cc1. The number of ether oxygens (including phenoxy) is 1. The van der Waals surface area contributed by atoms with Crippen LogP contribution >= 0.6 is 0 Å². The summed E-state index contributed by atoms with van der Waals surface area (Å²) in [4.78, 5) is 16.4. The van der Waals surface area contributed by atoms with E-state index in [-0.39, 0.29) is 5.97 Å². The van der Waals surface area contributed by atoms with Crippen molar-refractivity contribution in [2.45, 2.75) is 86.0 Å². The molecule has 34 heavy (non-hydrogen) atoms. The summed E-state index contributed by atoms with van der Waals surface area (Å²) in [5, 5.41) is 0. The molecule has 2 aliphatic rings. The van der Waals surface area contributed by atoms with Crippen molar-refractivity contribution in [3.8, 4) is 0 Å². The van der Waals surface area contributed by atoms with E-state index in [4.69, 9.17) is 4.74 Å². The molecule has 1 aromatic carbocycles. The number of allylic oxidation sites excluding steroid dienone is 1. The first-order chi connectivity index (χ1) is 16.2. The highest BCUT2D eigenvalue weighted by Crippen LogP contribution is 2.21. The number of carbonyl (C=O) groups is 1. The quantitative estimate of drug-likeness (QED) is 0.326. The van der Waals surface area contributed by atoms with Gasteiger partial charge in [0.1, 0.15) is 0 Å². The maximum atomic E-state index is 11.6. The summed E-state index contributed by atoms with van der Waals surface area (Å²) < 4.78 is 4.98. The van der Waals surface area contributed by atoms with Gasteiger partial charge in [0.15, 0.2) is 0 Å². The molecule has 0 bridgehead atoms. The normalized spacial score (nSPS) is 17.4. The smallest absolute Gasteiger partial charge is 0.338 e. The highest BCUT2D eigenvalue weighted by Gasteiger charge is 2.15. The van der Waals surface area contributed by atoms with E-state index < -0.39 is 0 Å². The van der Waals surface area contributed by atoms with Crippen molar-refractivity contribution in [3.05, 3.63) is 42.5 Å². The third kappa shape index (κ3) is 13.2. The van der Waals surface area contributed by atoms with Crippen LogP contribution in [0.1, 0.15) is 96.3 Å². The van der Waals surface area contributed by atoms with Crippen molar-refractivity contribution in [2.24, 2.45) is 11.3 Å². The third-order valence-electron chi connectivity index (χ3n) is 6.50. The van der Waals surface area contributed by atoms with Gasteiger partial charge in [0.2, 0.25) is 0 Å². The van der Waals surface area contributed by atoms with Crippen LogP contribution in [0.2, 0.25) is 0 Å². The van der Waals surface area contributed by atoms with Crippen LogP contribution in [0.5, 0.6) is 0 Å². The molecule has 0 N–H and O–H groups in total. The number of benzene rings is 1. The first kappa shape index (κ1) is 30.2. The largest absolute Gasteiger partial charge is 0.462 e. The zero-order chi connectivity index (χ0) is 25.4. The summed E-state index contributed by atoms with van der Waals surface area (Å²) in [5.41, 5.74) is 2.15. The molecule has 194 valence electrons. The van der Waals surface area contributed by atoms with Crippen molar-refractivity contribution in [3.63, 3.8) is 0 Å². The summed E-state index contributed by atoms with van der Waals surface area (Å²) in [6.45, 7) is 19.4. The molecule has 0 unspecified atom stereocenters. The van der Waals surface area contributed by atoms with Crippen LogP contribution in [0.4, 0.5) is 5.69 Å². The number of likely N-dealkylation sites (tertiary alicyclic amines) is 1. The fourth-order valence-electron chi connectivity index (χ4n) is 4.11. The molecule has 2 saturated heterocycles. The van der Waals surface area contributed by atoms with E-state index in [0.29, 0.717) is 17.6 Å². The molecule has 0 saturated carbocycles. The molecule has 1 aromatic rings. The highest BCUT2D eigenvalue weighted by molar-refractivity contribution is 5.89. The lowest BCUT2D eigenvalue weighted by atomic mass is 9.93. The standard InChI is InChI=1S/C15H21NO2.C9H19N.C6H12/c1-2-18-15(17)13-7-9-14(10-8-13)16-11-5-3-4-6-12-16;1-3-4-9-5-7-10(2)8-6-9;1-5-6(2,3)4/h7-10H,2-6,11-12H2,1H3;9H,3-8H2,1-2H3;5H,1H2,2-4H3. The van der Waals surface area contributed by atoms with Crippen molar-refractivity contribution < 1.29 is 9.53 Å². The predicted molar refractivity (Wildman–Crippen MR) is 148 cm³/mol. The third-order valence-corrected chi connectivity index (χ3v) is 6.50. The lowest BCUT2D eigenvalue weighted by molar-refractivity contribution is 0.0526. The van der Waals surface area contributed by atoms with Gasteiger partial charge in [-0.3, -0.25) is 0 Å². The lowest BCUT2D eigenvalue weighted by Gasteiger charge is -2.28. The Hall–Kier alpha value is -1.81. The first-order valence-electron chi connectivity index (χ1n) is 13.5. The number of rotatable bonds is 5. The molecule has 0 radical (unpaired) electrons. The van der Waals surface area contributed by atoms with Crippen LogP contribution in [0, 0.1) is 11.3 Å². The van der Waals surface area contributed by atoms with Gasteiger partial charge in [-0.05, 0) is 88.3 Å². The van der Waals surface area contributed by atoms with Crippen LogP contribution in [-0.4, -0.2) is 50.7 Å². The Morgan fingerprint density at radius 3 is 1.97 bits per heavy atom. The van der Waals surface area contributed by atoms with Crippen molar-refractivity contribution in [1.82, 2.24) is 4.90 Å². The molecule has 3 rings (SSSR count). The Kier molecular flexibility index (Phi) is 14.9. The Balaban J connectivity index is 0.000000303. The number of hydrogen-bond acceptors (Lipinski definition) is 4. The number of carbonyl (C=O) groups excluding carboxylic acids is 1. The minimum absolute atomic E-state index is 0.236. The van der Waals surface area contributed by atoms with E-state index in [1.807, 2.05) is 37.3 Å². The van der Waals surface area contributed by atoms with E-state index in [1.165, 1.54) is 70.1 Å². The van der Waals surface area contributed by atoms with Crippen molar-refractivity contribution in [2.75, 3.05) is 44.7 Å². The van der Waals surface area contributed by atoms with Crippen LogP contribution in [0.15, 0.2) is 36.9 Å². The van der Waals surface area contributed by atoms with Gasteiger partial charge >= 0.3 is 5.97 Å². The second-order valence-electron chi connectivity index (χ2n) is 10.8.